The molecule has 2 amide bonds. The second kappa shape index (κ2) is 7.73. The van der Waals surface area contributed by atoms with Crippen molar-refractivity contribution in [2.24, 2.45) is 0 Å². The van der Waals surface area contributed by atoms with E-state index < -0.39 is 10.0 Å². The summed E-state index contributed by atoms with van der Waals surface area (Å²) < 4.78 is 31.9. The number of sulfonamides is 1. The third-order valence-electron chi connectivity index (χ3n) is 3.58. The number of hydrogen-bond donors (Lipinski definition) is 2. The topological polar surface area (TPSA) is 105 Å². The molecule has 1 aromatic rings. The van der Waals surface area contributed by atoms with Crippen LogP contribution < -0.4 is 10.0 Å². The first kappa shape index (κ1) is 18.4. The van der Waals surface area contributed by atoms with Gasteiger partial charge in [-0.1, -0.05) is 6.07 Å². The summed E-state index contributed by atoms with van der Waals surface area (Å²) in [6.45, 7) is 0.715. The third-order valence-corrected chi connectivity index (χ3v) is 4.98. The molecule has 8 nitrogen and oxygen atoms in total. The van der Waals surface area contributed by atoms with Crippen molar-refractivity contribution in [2.75, 3.05) is 33.9 Å². The number of amides is 2. The first-order valence-electron chi connectivity index (χ1n) is 7.48. The number of nitrogens with zero attached hydrogens (tertiary/aromatic N) is 1. The van der Waals surface area contributed by atoms with Gasteiger partial charge in [0.25, 0.3) is 5.91 Å². The summed E-state index contributed by atoms with van der Waals surface area (Å²) in [6.07, 6.45) is 0.734. The maximum Gasteiger partial charge on any atom is 0.251 e. The monoisotopic (exact) mass is 355 g/mol. The minimum Gasteiger partial charge on any atom is -0.379 e. The molecule has 1 aliphatic heterocycles. The Labute approximate surface area is 141 Å². The lowest BCUT2D eigenvalue weighted by molar-refractivity contribution is -0.127. The SMILES string of the molecule is CN(C)C(=O)CNS(=O)(=O)c1cccc(C(=O)N[C@@H]2CCOC2)c1. The Balaban J connectivity index is 2.07. The quantitative estimate of drug-likeness (QED) is 0.721. The van der Waals surface area contributed by atoms with Gasteiger partial charge in [0.05, 0.1) is 24.1 Å². The molecule has 9 heteroatoms. The van der Waals surface area contributed by atoms with Gasteiger partial charge in [0.15, 0.2) is 0 Å². The molecule has 0 bridgehead atoms. The van der Waals surface area contributed by atoms with Crippen LogP contribution in [0.1, 0.15) is 16.8 Å². The van der Waals surface area contributed by atoms with E-state index in [1.165, 1.54) is 43.3 Å². The molecule has 0 aliphatic carbocycles. The molecule has 0 aromatic heterocycles. The van der Waals surface area contributed by atoms with E-state index in [2.05, 4.69) is 10.0 Å². The first-order chi connectivity index (χ1) is 11.3. The van der Waals surface area contributed by atoms with Crippen molar-refractivity contribution in [1.82, 2.24) is 14.9 Å². The minimum atomic E-state index is -3.87. The van der Waals surface area contributed by atoms with E-state index in [-0.39, 0.29) is 34.9 Å². The Bertz CT molecular complexity index is 712. The Morgan fingerprint density at radius 3 is 2.71 bits per heavy atom. The van der Waals surface area contributed by atoms with Crippen molar-refractivity contribution in [2.45, 2.75) is 17.4 Å². The normalized spacial score (nSPS) is 17.5. The average molecular weight is 355 g/mol. The molecule has 0 radical (unpaired) electrons. The fraction of sp³-hybridized carbons (Fsp3) is 0.467. The Hall–Kier alpha value is -1.97. The van der Waals surface area contributed by atoms with Crippen molar-refractivity contribution in [3.63, 3.8) is 0 Å². The van der Waals surface area contributed by atoms with Crippen LogP contribution >= 0.6 is 0 Å². The van der Waals surface area contributed by atoms with E-state index in [0.29, 0.717) is 13.2 Å². The van der Waals surface area contributed by atoms with Crippen LogP contribution in [0.2, 0.25) is 0 Å². The van der Waals surface area contributed by atoms with Crippen LogP contribution in [-0.2, 0) is 19.6 Å². The van der Waals surface area contributed by atoms with Gasteiger partial charge in [-0.05, 0) is 24.6 Å². The van der Waals surface area contributed by atoms with Crippen LogP contribution in [0, 0.1) is 0 Å². The predicted octanol–water partition coefficient (Wildman–Crippen LogP) is -0.428. The maximum absolute atomic E-state index is 12.2. The lowest BCUT2D eigenvalue weighted by atomic mass is 10.2. The summed E-state index contributed by atoms with van der Waals surface area (Å²) in [5.41, 5.74) is 0.240. The molecule has 0 spiro atoms. The summed E-state index contributed by atoms with van der Waals surface area (Å²) in [5.74, 6) is -0.722. The zero-order chi connectivity index (χ0) is 17.7. The fourth-order valence-corrected chi connectivity index (χ4v) is 3.14. The number of carbonyl (C=O) groups is 2. The van der Waals surface area contributed by atoms with Gasteiger partial charge in [0.2, 0.25) is 15.9 Å². The molecule has 2 N–H and O–H groups in total. The number of carbonyl (C=O) groups excluding carboxylic acids is 2. The maximum atomic E-state index is 12.2. The highest BCUT2D eigenvalue weighted by Gasteiger charge is 2.21. The van der Waals surface area contributed by atoms with Crippen molar-refractivity contribution in [3.8, 4) is 0 Å². The molecule has 1 aliphatic rings. The van der Waals surface area contributed by atoms with Crippen LogP contribution in [0.4, 0.5) is 0 Å². The smallest absolute Gasteiger partial charge is 0.251 e. The van der Waals surface area contributed by atoms with Crippen molar-refractivity contribution < 1.29 is 22.7 Å². The third kappa shape index (κ3) is 4.76. The van der Waals surface area contributed by atoms with Gasteiger partial charge in [0, 0.05) is 26.3 Å². The van der Waals surface area contributed by atoms with Gasteiger partial charge in [0.1, 0.15) is 0 Å². The molecule has 132 valence electrons. The van der Waals surface area contributed by atoms with E-state index in [1.54, 1.807) is 0 Å². The number of rotatable bonds is 6. The molecule has 24 heavy (non-hydrogen) atoms. The van der Waals surface area contributed by atoms with Crippen LogP contribution in [0.15, 0.2) is 29.2 Å². The van der Waals surface area contributed by atoms with E-state index in [0.717, 1.165) is 6.42 Å². The van der Waals surface area contributed by atoms with Gasteiger partial charge in [-0.3, -0.25) is 9.59 Å². The lowest BCUT2D eigenvalue weighted by Gasteiger charge is -2.13. The molecule has 0 unspecified atom stereocenters. The molecule has 1 heterocycles. The number of ether oxygens (including phenoxy) is 1. The first-order valence-corrected chi connectivity index (χ1v) is 8.96. The predicted molar refractivity (Wildman–Crippen MR) is 87.0 cm³/mol. The lowest BCUT2D eigenvalue weighted by Crippen LogP contribution is -2.36. The van der Waals surface area contributed by atoms with Gasteiger partial charge in [-0.25, -0.2) is 13.1 Å². The van der Waals surface area contributed by atoms with Crippen molar-refractivity contribution in [1.29, 1.82) is 0 Å². The van der Waals surface area contributed by atoms with Crippen molar-refractivity contribution >= 4 is 21.8 Å². The van der Waals surface area contributed by atoms with Crippen molar-refractivity contribution in [3.05, 3.63) is 29.8 Å². The van der Waals surface area contributed by atoms with E-state index in [1.807, 2.05) is 0 Å². The standard InChI is InChI=1S/C15H21N3O5S/c1-18(2)14(19)9-16-24(21,22)13-5-3-4-11(8-13)15(20)17-12-6-7-23-10-12/h3-5,8,12,16H,6-7,9-10H2,1-2H3,(H,17,20)/t12-/m1/s1. The van der Waals surface area contributed by atoms with Crippen LogP contribution in [0.3, 0.4) is 0 Å². The van der Waals surface area contributed by atoms with E-state index in [9.17, 15) is 18.0 Å². The molecule has 1 atom stereocenters. The number of nitrogens with one attached hydrogen (secondary N) is 2. The molecule has 1 aromatic carbocycles. The van der Waals surface area contributed by atoms with Crippen LogP contribution in [0.25, 0.3) is 0 Å². The van der Waals surface area contributed by atoms with Gasteiger partial charge in [-0.2, -0.15) is 0 Å². The highest BCUT2D eigenvalue weighted by molar-refractivity contribution is 7.89. The van der Waals surface area contributed by atoms with Crippen LogP contribution in [0.5, 0.6) is 0 Å². The second-order valence-electron chi connectivity index (χ2n) is 5.67. The largest absolute Gasteiger partial charge is 0.379 e. The highest BCUT2D eigenvalue weighted by atomic mass is 32.2. The molecule has 1 fully saturated rings. The fourth-order valence-electron chi connectivity index (χ4n) is 2.12. The number of likely N-dealkylation sites (N-methyl/N-ethyl adjacent to an activating group) is 1. The summed E-state index contributed by atoms with van der Waals surface area (Å²) >= 11 is 0. The number of benzene rings is 1. The Morgan fingerprint density at radius 1 is 1.33 bits per heavy atom. The average Bonchev–Trinajstić information content (AvgIpc) is 3.05. The Morgan fingerprint density at radius 2 is 2.08 bits per heavy atom. The summed E-state index contributed by atoms with van der Waals surface area (Å²) in [6, 6.07) is 5.62. The van der Waals surface area contributed by atoms with Crippen LogP contribution in [-0.4, -0.2) is 65.0 Å². The molecular formula is C15H21N3O5S. The Kier molecular flexibility index (Phi) is 5.92. The number of hydrogen-bond acceptors (Lipinski definition) is 5. The summed E-state index contributed by atoms with van der Waals surface area (Å²) in [4.78, 5) is 24.9. The molecule has 2 rings (SSSR count). The van der Waals surface area contributed by atoms with E-state index in [4.69, 9.17) is 4.74 Å². The molecule has 0 saturated carbocycles. The van der Waals surface area contributed by atoms with Gasteiger partial charge >= 0.3 is 0 Å². The minimum absolute atomic E-state index is 0.0615. The molecular weight excluding hydrogens is 334 g/mol. The summed E-state index contributed by atoms with van der Waals surface area (Å²) in [5, 5.41) is 2.80. The van der Waals surface area contributed by atoms with E-state index >= 15 is 0 Å². The highest BCUT2D eigenvalue weighted by Crippen LogP contribution is 2.12. The van der Waals surface area contributed by atoms with Gasteiger partial charge < -0.3 is 15.0 Å². The zero-order valence-corrected chi connectivity index (χ0v) is 14.4. The molecule has 1 saturated heterocycles. The summed E-state index contributed by atoms with van der Waals surface area (Å²) in [7, 11) is -0.802. The second-order valence-corrected chi connectivity index (χ2v) is 7.44. The zero-order valence-electron chi connectivity index (χ0n) is 13.6. The van der Waals surface area contributed by atoms with Gasteiger partial charge in [-0.15, -0.1) is 0 Å².